The van der Waals surface area contributed by atoms with Crippen LogP contribution in [0.4, 0.5) is 0 Å². The van der Waals surface area contributed by atoms with Gasteiger partial charge in [0, 0.05) is 37.9 Å². The van der Waals surface area contributed by atoms with Gasteiger partial charge in [-0.2, -0.15) is 0 Å². The smallest absolute Gasteiger partial charge is 0.150 e. The van der Waals surface area contributed by atoms with Crippen molar-refractivity contribution in [2.75, 3.05) is 12.0 Å². The SMILES string of the molecule is CS(=O)(=O)CC(O)c1[nH]c2cc(Br)cc(Br)c2c1-c1ccccn1. The summed E-state index contributed by atoms with van der Waals surface area (Å²) in [6.45, 7) is 0. The normalized spacial score (nSPS) is 13.3. The lowest BCUT2D eigenvalue weighted by Gasteiger charge is -2.11. The van der Waals surface area contributed by atoms with E-state index in [0.29, 0.717) is 17.0 Å². The summed E-state index contributed by atoms with van der Waals surface area (Å²) >= 11 is 6.98. The minimum atomic E-state index is -3.34. The molecule has 0 aliphatic rings. The molecule has 3 aromatic rings. The summed E-state index contributed by atoms with van der Waals surface area (Å²) in [5.74, 6) is -0.363. The van der Waals surface area contributed by atoms with E-state index in [1.165, 1.54) is 0 Å². The van der Waals surface area contributed by atoms with E-state index in [9.17, 15) is 13.5 Å². The second-order valence-electron chi connectivity index (χ2n) is 5.55. The zero-order valence-corrected chi connectivity index (χ0v) is 16.6. The number of hydrogen-bond acceptors (Lipinski definition) is 4. The molecule has 24 heavy (non-hydrogen) atoms. The maximum atomic E-state index is 11.6. The molecule has 0 aliphatic heterocycles. The van der Waals surface area contributed by atoms with Crippen molar-refractivity contribution in [1.82, 2.24) is 9.97 Å². The molecular weight excluding hydrogens is 460 g/mol. The van der Waals surface area contributed by atoms with Crippen LogP contribution in [0.3, 0.4) is 0 Å². The van der Waals surface area contributed by atoms with Crippen molar-refractivity contribution >= 4 is 52.6 Å². The number of fused-ring (bicyclic) bond motifs is 1. The summed E-state index contributed by atoms with van der Waals surface area (Å²) in [5.41, 5.74) is 2.57. The summed E-state index contributed by atoms with van der Waals surface area (Å²) in [7, 11) is -3.34. The van der Waals surface area contributed by atoms with Gasteiger partial charge in [0.2, 0.25) is 0 Å². The molecule has 0 amide bonds. The lowest BCUT2D eigenvalue weighted by Crippen LogP contribution is -2.13. The van der Waals surface area contributed by atoms with Crippen LogP contribution in [0.15, 0.2) is 45.5 Å². The fourth-order valence-electron chi connectivity index (χ4n) is 2.67. The van der Waals surface area contributed by atoms with Crippen LogP contribution in [0.5, 0.6) is 0 Å². The second-order valence-corrected chi connectivity index (χ2v) is 9.50. The van der Waals surface area contributed by atoms with E-state index < -0.39 is 15.9 Å². The van der Waals surface area contributed by atoms with Crippen molar-refractivity contribution in [3.63, 3.8) is 0 Å². The van der Waals surface area contributed by atoms with Gasteiger partial charge in [-0.05, 0) is 24.3 Å². The lowest BCUT2D eigenvalue weighted by atomic mass is 10.0. The molecule has 0 fully saturated rings. The summed E-state index contributed by atoms with van der Waals surface area (Å²) < 4.78 is 24.9. The number of aromatic nitrogens is 2. The maximum absolute atomic E-state index is 11.6. The number of nitrogens with one attached hydrogen (secondary N) is 1. The Morgan fingerprint density at radius 3 is 2.67 bits per heavy atom. The Labute approximate surface area is 156 Å². The molecule has 1 aromatic carbocycles. The van der Waals surface area contributed by atoms with Crippen LogP contribution in [0, 0.1) is 0 Å². The van der Waals surface area contributed by atoms with Crippen LogP contribution < -0.4 is 0 Å². The maximum Gasteiger partial charge on any atom is 0.150 e. The lowest BCUT2D eigenvalue weighted by molar-refractivity contribution is 0.198. The van der Waals surface area contributed by atoms with E-state index in [4.69, 9.17) is 0 Å². The van der Waals surface area contributed by atoms with Gasteiger partial charge in [-0.15, -0.1) is 0 Å². The number of hydrogen-bond donors (Lipinski definition) is 2. The van der Waals surface area contributed by atoms with Gasteiger partial charge in [-0.25, -0.2) is 8.42 Å². The molecule has 8 heteroatoms. The topological polar surface area (TPSA) is 83.0 Å². The van der Waals surface area contributed by atoms with Gasteiger partial charge in [-0.3, -0.25) is 4.98 Å². The summed E-state index contributed by atoms with van der Waals surface area (Å²) in [4.78, 5) is 7.51. The van der Waals surface area contributed by atoms with Gasteiger partial charge in [0.05, 0.1) is 17.1 Å². The summed E-state index contributed by atoms with van der Waals surface area (Å²) in [6, 6.07) is 9.25. The van der Waals surface area contributed by atoms with Gasteiger partial charge >= 0.3 is 0 Å². The highest BCUT2D eigenvalue weighted by Gasteiger charge is 2.24. The quantitative estimate of drug-likeness (QED) is 0.603. The third-order valence-corrected chi connectivity index (χ3v) is 5.56. The van der Waals surface area contributed by atoms with Crippen LogP contribution >= 0.6 is 31.9 Å². The van der Waals surface area contributed by atoms with Gasteiger partial charge in [-0.1, -0.05) is 37.9 Å². The molecule has 1 unspecified atom stereocenters. The van der Waals surface area contributed by atoms with E-state index >= 15 is 0 Å². The zero-order valence-electron chi connectivity index (χ0n) is 12.6. The molecule has 0 spiro atoms. The van der Waals surface area contributed by atoms with E-state index in [1.54, 1.807) is 12.3 Å². The Bertz CT molecular complexity index is 1000. The summed E-state index contributed by atoms with van der Waals surface area (Å²) in [5, 5.41) is 11.3. The Balaban J connectivity index is 2.30. The first-order valence-corrected chi connectivity index (χ1v) is 10.7. The standard InChI is InChI=1S/C16H14Br2N2O3S/c1-24(22,23)8-13(21)16-15(11-4-2-3-5-19-11)14-10(18)6-9(17)7-12(14)20-16/h2-7,13,20-21H,8H2,1H3. The number of pyridine rings is 1. The number of sulfone groups is 1. The van der Waals surface area contributed by atoms with Crippen LogP contribution in [-0.2, 0) is 9.84 Å². The summed E-state index contributed by atoms with van der Waals surface area (Å²) in [6.07, 6.45) is 1.59. The van der Waals surface area contributed by atoms with Gasteiger partial charge in [0.25, 0.3) is 0 Å². The molecule has 2 aromatic heterocycles. The molecule has 0 saturated heterocycles. The Morgan fingerprint density at radius 2 is 2.04 bits per heavy atom. The van der Waals surface area contributed by atoms with E-state index in [0.717, 1.165) is 26.1 Å². The molecule has 0 bridgehead atoms. The van der Waals surface area contributed by atoms with E-state index in [2.05, 4.69) is 41.8 Å². The minimum absolute atomic E-state index is 0.363. The average Bonchev–Trinajstić information content (AvgIpc) is 2.86. The number of H-pyrrole nitrogens is 1. The van der Waals surface area contributed by atoms with Crippen LogP contribution in [0.2, 0.25) is 0 Å². The van der Waals surface area contributed by atoms with Crippen molar-refractivity contribution < 1.29 is 13.5 Å². The number of halogens is 2. The Morgan fingerprint density at radius 1 is 1.29 bits per heavy atom. The number of nitrogens with zero attached hydrogens (tertiary/aromatic N) is 1. The fraction of sp³-hybridized carbons (Fsp3) is 0.188. The van der Waals surface area contributed by atoms with Crippen LogP contribution in [0.1, 0.15) is 11.8 Å². The monoisotopic (exact) mass is 472 g/mol. The molecule has 2 heterocycles. The predicted molar refractivity (Wildman–Crippen MR) is 102 cm³/mol. The molecule has 0 radical (unpaired) electrons. The highest BCUT2D eigenvalue weighted by molar-refractivity contribution is 9.11. The van der Waals surface area contributed by atoms with E-state index in [1.807, 2.05) is 24.3 Å². The molecule has 1 atom stereocenters. The molecular formula is C16H14Br2N2O3S. The Kier molecular flexibility index (Phi) is 4.83. The molecule has 2 N–H and O–H groups in total. The highest BCUT2D eigenvalue weighted by Crippen LogP contribution is 2.40. The molecule has 126 valence electrons. The van der Waals surface area contributed by atoms with Crippen molar-refractivity contribution in [1.29, 1.82) is 0 Å². The minimum Gasteiger partial charge on any atom is -0.386 e. The first kappa shape index (κ1) is 17.6. The second kappa shape index (κ2) is 6.59. The van der Waals surface area contributed by atoms with Crippen molar-refractivity contribution in [3.8, 4) is 11.3 Å². The predicted octanol–water partition coefficient (Wildman–Crippen LogP) is 3.83. The molecule has 3 rings (SSSR count). The van der Waals surface area contributed by atoms with Crippen molar-refractivity contribution in [2.24, 2.45) is 0 Å². The van der Waals surface area contributed by atoms with Crippen LogP contribution in [-0.4, -0.2) is 35.5 Å². The largest absolute Gasteiger partial charge is 0.386 e. The highest BCUT2D eigenvalue weighted by atomic mass is 79.9. The number of aliphatic hydroxyl groups is 1. The van der Waals surface area contributed by atoms with Crippen molar-refractivity contribution in [3.05, 3.63) is 51.2 Å². The number of aromatic amines is 1. The first-order valence-electron chi connectivity index (χ1n) is 7.04. The van der Waals surface area contributed by atoms with Gasteiger partial charge < -0.3 is 10.1 Å². The number of aliphatic hydroxyl groups excluding tert-OH is 1. The fourth-order valence-corrected chi connectivity index (χ4v) is 4.83. The molecule has 0 saturated carbocycles. The molecule has 5 nitrogen and oxygen atoms in total. The average molecular weight is 474 g/mol. The molecule has 0 aliphatic carbocycles. The van der Waals surface area contributed by atoms with Gasteiger partial charge in [0.15, 0.2) is 0 Å². The Hall–Kier alpha value is -1.22. The van der Waals surface area contributed by atoms with Crippen molar-refractivity contribution in [2.45, 2.75) is 6.10 Å². The third kappa shape index (κ3) is 3.56. The number of benzene rings is 1. The van der Waals surface area contributed by atoms with Crippen LogP contribution in [0.25, 0.3) is 22.2 Å². The third-order valence-electron chi connectivity index (χ3n) is 3.56. The number of rotatable bonds is 4. The zero-order chi connectivity index (χ0) is 17.5. The van der Waals surface area contributed by atoms with Gasteiger partial charge in [0.1, 0.15) is 15.9 Å². The first-order chi connectivity index (χ1) is 11.3. The van der Waals surface area contributed by atoms with E-state index in [-0.39, 0.29) is 5.75 Å².